The summed E-state index contributed by atoms with van der Waals surface area (Å²) in [4.78, 5) is 37.3. The normalized spacial score (nSPS) is 20.0. The number of carboxylic acid groups (broad SMARTS) is 1. The first-order valence-corrected chi connectivity index (χ1v) is 12.5. The molecule has 3 atom stereocenters. The van der Waals surface area contributed by atoms with Crippen LogP contribution in [0.1, 0.15) is 63.0 Å². The van der Waals surface area contributed by atoms with Gasteiger partial charge in [-0.2, -0.15) is 0 Å². The van der Waals surface area contributed by atoms with Crippen LogP contribution in [-0.4, -0.2) is 41.8 Å². The molecule has 0 aromatic heterocycles. The number of fused-ring (bicyclic) bond motifs is 3. The van der Waals surface area contributed by atoms with E-state index in [-0.39, 0.29) is 30.4 Å². The van der Waals surface area contributed by atoms with Crippen LogP contribution >= 0.6 is 0 Å². The quantitative estimate of drug-likeness (QED) is 0.510. The summed E-state index contributed by atoms with van der Waals surface area (Å²) >= 11 is 0. The SMILES string of the molecule is CC(C)C[C@@H](NC(=O)[C@H]1CCCC[C@H]1NC(=O)OCC1c2ccccc2-c2ccccc21)C(=O)O. The van der Waals surface area contributed by atoms with E-state index in [4.69, 9.17) is 4.74 Å². The summed E-state index contributed by atoms with van der Waals surface area (Å²) in [7, 11) is 0. The van der Waals surface area contributed by atoms with Crippen molar-refractivity contribution >= 4 is 18.0 Å². The van der Waals surface area contributed by atoms with Gasteiger partial charge in [0, 0.05) is 12.0 Å². The Labute approximate surface area is 206 Å². The minimum atomic E-state index is -1.04. The fourth-order valence-electron chi connectivity index (χ4n) is 5.38. The predicted octanol–water partition coefficient (Wildman–Crippen LogP) is 4.70. The van der Waals surface area contributed by atoms with Crippen LogP contribution < -0.4 is 10.6 Å². The summed E-state index contributed by atoms with van der Waals surface area (Å²) < 4.78 is 5.67. The van der Waals surface area contributed by atoms with Gasteiger partial charge in [-0.25, -0.2) is 9.59 Å². The van der Waals surface area contributed by atoms with Gasteiger partial charge in [0.15, 0.2) is 0 Å². The lowest BCUT2D eigenvalue weighted by molar-refractivity contribution is -0.143. The van der Waals surface area contributed by atoms with Gasteiger partial charge in [0.1, 0.15) is 12.6 Å². The number of carboxylic acids is 1. The lowest BCUT2D eigenvalue weighted by Crippen LogP contribution is -2.52. The molecule has 0 aliphatic heterocycles. The summed E-state index contributed by atoms with van der Waals surface area (Å²) in [5, 5.41) is 15.1. The number of carbonyl (C=O) groups excluding carboxylic acids is 2. The van der Waals surface area contributed by atoms with Crippen LogP contribution in [0.25, 0.3) is 11.1 Å². The van der Waals surface area contributed by atoms with Crippen molar-refractivity contribution in [3.8, 4) is 11.1 Å². The Balaban J connectivity index is 1.38. The first kappa shape index (κ1) is 24.8. The molecule has 186 valence electrons. The van der Waals surface area contributed by atoms with Gasteiger partial charge in [-0.1, -0.05) is 75.2 Å². The molecule has 0 heterocycles. The van der Waals surface area contributed by atoms with Crippen molar-refractivity contribution in [2.24, 2.45) is 11.8 Å². The minimum absolute atomic E-state index is 0.0361. The Bertz CT molecular complexity index is 1040. The highest BCUT2D eigenvalue weighted by molar-refractivity contribution is 5.86. The number of carbonyl (C=O) groups is 3. The second-order valence-electron chi connectivity index (χ2n) is 10.00. The third-order valence-electron chi connectivity index (χ3n) is 7.07. The standard InChI is InChI=1S/C28H34N2O5/c1-17(2)15-25(27(32)33)29-26(31)22-13-7-8-14-24(22)30-28(34)35-16-23-20-11-5-3-9-18(20)19-10-4-6-12-21(19)23/h3-6,9-12,17,22-25H,7-8,13-16H2,1-2H3,(H,29,31)(H,30,34)(H,32,33)/t22-,24+,25+/m0/s1. The molecule has 2 aliphatic rings. The Kier molecular flexibility index (Phi) is 7.73. The Morgan fingerprint density at radius 1 is 0.971 bits per heavy atom. The molecule has 2 amide bonds. The molecule has 1 fully saturated rings. The Hall–Kier alpha value is -3.35. The molecule has 4 rings (SSSR count). The molecule has 2 aliphatic carbocycles. The number of rotatable bonds is 8. The molecule has 2 aromatic carbocycles. The van der Waals surface area contributed by atoms with E-state index < -0.39 is 24.0 Å². The summed E-state index contributed by atoms with van der Waals surface area (Å²) in [5.74, 6) is -1.73. The molecule has 35 heavy (non-hydrogen) atoms. The van der Waals surface area contributed by atoms with Gasteiger partial charge in [-0.3, -0.25) is 4.79 Å². The van der Waals surface area contributed by atoms with Gasteiger partial charge in [0.2, 0.25) is 5.91 Å². The van der Waals surface area contributed by atoms with E-state index in [2.05, 4.69) is 34.9 Å². The van der Waals surface area contributed by atoms with Crippen LogP contribution in [0, 0.1) is 11.8 Å². The summed E-state index contributed by atoms with van der Waals surface area (Å²) in [6, 6.07) is 15.0. The van der Waals surface area contributed by atoms with E-state index >= 15 is 0 Å². The number of benzene rings is 2. The molecule has 7 nitrogen and oxygen atoms in total. The van der Waals surface area contributed by atoms with Gasteiger partial charge in [-0.15, -0.1) is 0 Å². The van der Waals surface area contributed by atoms with Crippen LogP contribution in [0.15, 0.2) is 48.5 Å². The maximum absolute atomic E-state index is 13.0. The molecule has 0 bridgehead atoms. The van der Waals surface area contributed by atoms with Gasteiger partial charge >= 0.3 is 12.1 Å². The lowest BCUT2D eigenvalue weighted by atomic mass is 9.83. The molecule has 0 unspecified atom stereocenters. The summed E-state index contributed by atoms with van der Waals surface area (Å²) in [5.41, 5.74) is 4.61. The van der Waals surface area contributed by atoms with Crippen molar-refractivity contribution < 1.29 is 24.2 Å². The Morgan fingerprint density at radius 2 is 1.57 bits per heavy atom. The van der Waals surface area contributed by atoms with Crippen LogP contribution in [0.3, 0.4) is 0 Å². The van der Waals surface area contributed by atoms with Gasteiger partial charge < -0.3 is 20.5 Å². The molecule has 0 saturated heterocycles. The molecular weight excluding hydrogens is 444 g/mol. The number of amides is 2. The number of hydrogen-bond donors (Lipinski definition) is 3. The maximum atomic E-state index is 13.0. The zero-order valence-electron chi connectivity index (χ0n) is 20.3. The summed E-state index contributed by atoms with van der Waals surface area (Å²) in [6.07, 6.45) is 2.83. The average Bonchev–Trinajstić information content (AvgIpc) is 3.16. The van der Waals surface area contributed by atoms with Crippen molar-refractivity contribution in [3.63, 3.8) is 0 Å². The number of hydrogen-bond acceptors (Lipinski definition) is 4. The van der Waals surface area contributed by atoms with Crippen LogP contribution in [-0.2, 0) is 14.3 Å². The number of nitrogens with one attached hydrogen (secondary N) is 2. The number of alkyl carbamates (subject to hydrolysis) is 1. The third-order valence-corrected chi connectivity index (χ3v) is 7.07. The van der Waals surface area contributed by atoms with Crippen LogP contribution in [0.2, 0.25) is 0 Å². The van der Waals surface area contributed by atoms with Gasteiger partial charge in [0.25, 0.3) is 0 Å². The zero-order valence-corrected chi connectivity index (χ0v) is 20.3. The first-order valence-electron chi connectivity index (χ1n) is 12.5. The van der Waals surface area contributed by atoms with Crippen molar-refractivity contribution in [2.75, 3.05) is 6.61 Å². The first-order chi connectivity index (χ1) is 16.8. The fourth-order valence-corrected chi connectivity index (χ4v) is 5.38. The molecule has 1 saturated carbocycles. The minimum Gasteiger partial charge on any atom is -0.480 e. The van der Waals surface area contributed by atoms with E-state index in [0.717, 1.165) is 35.1 Å². The van der Waals surface area contributed by atoms with Gasteiger partial charge in [-0.05, 0) is 47.4 Å². The molecule has 0 radical (unpaired) electrons. The topological polar surface area (TPSA) is 105 Å². The monoisotopic (exact) mass is 478 g/mol. The molecule has 0 spiro atoms. The van der Waals surface area contributed by atoms with E-state index in [1.54, 1.807) is 0 Å². The molecular formula is C28H34N2O5. The highest BCUT2D eigenvalue weighted by Crippen LogP contribution is 2.44. The number of ether oxygens (including phenoxy) is 1. The van der Waals surface area contributed by atoms with Crippen LogP contribution in [0.5, 0.6) is 0 Å². The largest absolute Gasteiger partial charge is 0.480 e. The van der Waals surface area contributed by atoms with Crippen molar-refractivity contribution in [3.05, 3.63) is 59.7 Å². The van der Waals surface area contributed by atoms with Crippen molar-refractivity contribution in [1.29, 1.82) is 0 Å². The van der Waals surface area contributed by atoms with Crippen LogP contribution in [0.4, 0.5) is 4.79 Å². The van der Waals surface area contributed by atoms with E-state index in [0.29, 0.717) is 19.3 Å². The molecule has 2 aromatic rings. The average molecular weight is 479 g/mol. The smallest absolute Gasteiger partial charge is 0.407 e. The molecule has 3 N–H and O–H groups in total. The van der Waals surface area contributed by atoms with E-state index in [1.807, 2.05) is 38.1 Å². The zero-order chi connectivity index (χ0) is 24.9. The molecule has 7 heteroatoms. The Morgan fingerprint density at radius 3 is 2.17 bits per heavy atom. The number of aliphatic carboxylic acids is 1. The lowest BCUT2D eigenvalue weighted by Gasteiger charge is -2.32. The fraction of sp³-hybridized carbons (Fsp3) is 0.464. The van der Waals surface area contributed by atoms with E-state index in [9.17, 15) is 19.5 Å². The highest BCUT2D eigenvalue weighted by Gasteiger charge is 2.35. The van der Waals surface area contributed by atoms with Gasteiger partial charge in [0.05, 0.1) is 5.92 Å². The highest BCUT2D eigenvalue weighted by atomic mass is 16.5. The van der Waals surface area contributed by atoms with Crippen molar-refractivity contribution in [1.82, 2.24) is 10.6 Å². The van der Waals surface area contributed by atoms with E-state index in [1.165, 1.54) is 0 Å². The summed E-state index contributed by atoms with van der Waals surface area (Å²) in [6.45, 7) is 4.05. The van der Waals surface area contributed by atoms with Crippen molar-refractivity contribution in [2.45, 2.75) is 64.0 Å². The second-order valence-corrected chi connectivity index (χ2v) is 10.00. The third kappa shape index (κ3) is 5.66. The predicted molar refractivity (Wildman–Crippen MR) is 133 cm³/mol. The maximum Gasteiger partial charge on any atom is 0.407 e. The second kappa shape index (κ2) is 10.9.